The molecular weight excluding hydrogens is 328 g/mol. The fourth-order valence-corrected chi connectivity index (χ4v) is 3.41. The molecule has 0 aromatic heterocycles. The Morgan fingerprint density at radius 3 is 2.19 bits per heavy atom. The molecule has 1 fully saturated rings. The Bertz CT molecular complexity index is 736. The molecule has 0 unspecified atom stereocenters. The molecule has 2 aromatic carbocycles. The number of aromatic carboxylic acids is 1. The molecule has 2 aromatic rings. The summed E-state index contributed by atoms with van der Waals surface area (Å²) >= 11 is 0. The summed E-state index contributed by atoms with van der Waals surface area (Å²) in [6.45, 7) is 3.52. The SMILES string of the molecule is O=C(O)c1ccc(C(=O)NCCN2CCC(c3ccccc3)CC2)cc1. The number of carboxylic acid groups (broad SMARTS) is 1. The van der Waals surface area contributed by atoms with Gasteiger partial charge in [0.15, 0.2) is 0 Å². The van der Waals surface area contributed by atoms with E-state index >= 15 is 0 Å². The minimum Gasteiger partial charge on any atom is -0.478 e. The molecule has 0 radical (unpaired) electrons. The normalized spacial score (nSPS) is 15.5. The van der Waals surface area contributed by atoms with Crippen LogP contribution in [0, 0.1) is 0 Å². The van der Waals surface area contributed by atoms with E-state index in [0.29, 0.717) is 18.0 Å². The predicted molar refractivity (Wildman–Crippen MR) is 101 cm³/mol. The number of likely N-dealkylation sites (tertiary alicyclic amines) is 1. The summed E-state index contributed by atoms with van der Waals surface area (Å²) in [5.74, 6) is -0.522. The van der Waals surface area contributed by atoms with Gasteiger partial charge in [-0.3, -0.25) is 4.79 Å². The molecule has 0 saturated carbocycles. The Labute approximate surface area is 153 Å². The van der Waals surface area contributed by atoms with Gasteiger partial charge >= 0.3 is 5.97 Å². The highest BCUT2D eigenvalue weighted by atomic mass is 16.4. The van der Waals surface area contributed by atoms with Gasteiger partial charge in [-0.25, -0.2) is 4.79 Å². The van der Waals surface area contributed by atoms with Crippen molar-refractivity contribution in [2.45, 2.75) is 18.8 Å². The van der Waals surface area contributed by atoms with Crippen molar-refractivity contribution in [2.75, 3.05) is 26.2 Å². The van der Waals surface area contributed by atoms with Crippen molar-refractivity contribution in [3.05, 3.63) is 71.3 Å². The predicted octanol–water partition coefficient (Wildman–Crippen LogP) is 2.99. The molecule has 3 rings (SSSR count). The molecule has 136 valence electrons. The van der Waals surface area contributed by atoms with Gasteiger partial charge in [-0.15, -0.1) is 0 Å². The molecule has 26 heavy (non-hydrogen) atoms. The maximum absolute atomic E-state index is 12.1. The third kappa shape index (κ3) is 4.70. The molecule has 0 aliphatic carbocycles. The first-order chi connectivity index (χ1) is 12.6. The minimum atomic E-state index is -0.990. The van der Waals surface area contributed by atoms with Crippen LogP contribution < -0.4 is 5.32 Å². The van der Waals surface area contributed by atoms with Crippen molar-refractivity contribution >= 4 is 11.9 Å². The molecule has 0 atom stereocenters. The van der Waals surface area contributed by atoms with Gasteiger partial charge in [-0.05, 0) is 61.7 Å². The molecule has 1 heterocycles. The second-order valence-electron chi connectivity index (χ2n) is 6.67. The maximum Gasteiger partial charge on any atom is 0.335 e. The van der Waals surface area contributed by atoms with Gasteiger partial charge < -0.3 is 15.3 Å². The maximum atomic E-state index is 12.1. The smallest absolute Gasteiger partial charge is 0.335 e. The zero-order valence-electron chi connectivity index (χ0n) is 14.7. The number of amides is 1. The topological polar surface area (TPSA) is 69.6 Å². The monoisotopic (exact) mass is 352 g/mol. The van der Waals surface area contributed by atoms with Gasteiger partial charge in [0.1, 0.15) is 0 Å². The van der Waals surface area contributed by atoms with E-state index in [1.807, 2.05) is 0 Å². The number of carbonyl (C=O) groups is 2. The molecule has 1 aliphatic rings. The van der Waals surface area contributed by atoms with E-state index in [2.05, 4.69) is 40.5 Å². The first-order valence-corrected chi connectivity index (χ1v) is 9.02. The van der Waals surface area contributed by atoms with E-state index < -0.39 is 5.97 Å². The summed E-state index contributed by atoms with van der Waals surface area (Å²) in [7, 11) is 0. The Kier molecular flexibility index (Phi) is 6.02. The third-order valence-corrected chi connectivity index (χ3v) is 4.97. The summed E-state index contributed by atoms with van der Waals surface area (Å²) < 4.78 is 0. The molecule has 1 aliphatic heterocycles. The van der Waals surface area contributed by atoms with Gasteiger partial charge in [0.2, 0.25) is 0 Å². The number of nitrogens with zero attached hydrogens (tertiary/aromatic N) is 1. The lowest BCUT2D eigenvalue weighted by atomic mass is 9.89. The van der Waals surface area contributed by atoms with E-state index in [1.165, 1.54) is 17.7 Å². The Hall–Kier alpha value is -2.66. The molecule has 5 nitrogen and oxygen atoms in total. The summed E-state index contributed by atoms with van der Waals surface area (Å²) in [5.41, 5.74) is 2.09. The van der Waals surface area contributed by atoms with E-state index in [4.69, 9.17) is 5.11 Å². The molecule has 5 heteroatoms. The van der Waals surface area contributed by atoms with Crippen LogP contribution in [-0.2, 0) is 0 Å². The number of benzene rings is 2. The number of nitrogens with one attached hydrogen (secondary N) is 1. The van der Waals surface area contributed by atoms with E-state index in [9.17, 15) is 9.59 Å². The number of hydrogen-bond acceptors (Lipinski definition) is 3. The van der Waals surface area contributed by atoms with E-state index in [-0.39, 0.29) is 11.5 Å². The van der Waals surface area contributed by atoms with Crippen molar-refractivity contribution in [1.29, 1.82) is 0 Å². The van der Waals surface area contributed by atoms with E-state index in [1.54, 1.807) is 12.1 Å². The lowest BCUT2D eigenvalue weighted by Crippen LogP contribution is -2.39. The first-order valence-electron chi connectivity index (χ1n) is 9.02. The Morgan fingerprint density at radius 2 is 1.58 bits per heavy atom. The number of carboxylic acids is 1. The van der Waals surface area contributed by atoms with Crippen molar-refractivity contribution in [2.24, 2.45) is 0 Å². The average Bonchev–Trinajstić information content (AvgIpc) is 2.69. The quantitative estimate of drug-likeness (QED) is 0.838. The van der Waals surface area contributed by atoms with Crippen LogP contribution in [0.25, 0.3) is 0 Å². The molecule has 0 bridgehead atoms. The fourth-order valence-electron chi connectivity index (χ4n) is 3.41. The number of piperidine rings is 1. The second-order valence-corrected chi connectivity index (χ2v) is 6.67. The molecular formula is C21H24N2O3. The minimum absolute atomic E-state index is 0.166. The summed E-state index contributed by atoms with van der Waals surface area (Å²) in [6, 6.07) is 16.6. The number of rotatable bonds is 6. The average molecular weight is 352 g/mol. The highest BCUT2D eigenvalue weighted by molar-refractivity contribution is 5.95. The Morgan fingerprint density at radius 1 is 0.962 bits per heavy atom. The third-order valence-electron chi connectivity index (χ3n) is 4.97. The van der Waals surface area contributed by atoms with Gasteiger partial charge in [0, 0.05) is 18.7 Å². The van der Waals surface area contributed by atoms with Crippen LogP contribution in [0.4, 0.5) is 0 Å². The van der Waals surface area contributed by atoms with Crippen LogP contribution in [0.15, 0.2) is 54.6 Å². The van der Waals surface area contributed by atoms with Crippen LogP contribution in [0.5, 0.6) is 0 Å². The fraction of sp³-hybridized carbons (Fsp3) is 0.333. The zero-order chi connectivity index (χ0) is 18.4. The molecule has 0 spiro atoms. The van der Waals surface area contributed by atoms with E-state index in [0.717, 1.165) is 32.5 Å². The van der Waals surface area contributed by atoms with Crippen molar-refractivity contribution < 1.29 is 14.7 Å². The van der Waals surface area contributed by atoms with Crippen LogP contribution in [0.3, 0.4) is 0 Å². The molecule has 1 saturated heterocycles. The first kappa shape index (κ1) is 18.1. The lowest BCUT2D eigenvalue weighted by molar-refractivity contribution is 0.0696. The van der Waals surface area contributed by atoms with Gasteiger partial charge in [0.05, 0.1) is 5.56 Å². The van der Waals surface area contributed by atoms with Crippen LogP contribution in [0.1, 0.15) is 45.0 Å². The van der Waals surface area contributed by atoms with Crippen molar-refractivity contribution in [3.8, 4) is 0 Å². The van der Waals surface area contributed by atoms with Crippen LogP contribution in [0.2, 0.25) is 0 Å². The van der Waals surface area contributed by atoms with Crippen LogP contribution >= 0.6 is 0 Å². The van der Waals surface area contributed by atoms with Crippen LogP contribution in [-0.4, -0.2) is 48.1 Å². The highest BCUT2D eigenvalue weighted by Crippen LogP contribution is 2.27. The zero-order valence-corrected chi connectivity index (χ0v) is 14.7. The summed E-state index contributed by atoms with van der Waals surface area (Å²) in [5, 5.41) is 11.8. The number of hydrogen-bond donors (Lipinski definition) is 2. The number of carbonyl (C=O) groups excluding carboxylic acids is 1. The summed E-state index contributed by atoms with van der Waals surface area (Å²) in [6.07, 6.45) is 2.29. The van der Waals surface area contributed by atoms with Gasteiger partial charge in [-0.1, -0.05) is 30.3 Å². The van der Waals surface area contributed by atoms with Gasteiger partial charge in [-0.2, -0.15) is 0 Å². The molecule has 2 N–H and O–H groups in total. The Balaban J connectivity index is 1.40. The largest absolute Gasteiger partial charge is 0.478 e. The highest BCUT2D eigenvalue weighted by Gasteiger charge is 2.20. The summed E-state index contributed by atoms with van der Waals surface area (Å²) in [4.78, 5) is 25.3. The van der Waals surface area contributed by atoms with Gasteiger partial charge in [0.25, 0.3) is 5.91 Å². The standard InChI is InChI=1S/C21H24N2O3/c24-20(18-6-8-19(9-7-18)21(25)26)22-12-15-23-13-10-17(11-14-23)16-4-2-1-3-5-16/h1-9,17H,10-15H2,(H,22,24)(H,25,26). The molecule has 1 amide bonds. The second kappa shape index (κ2) is 8.63. The lowest BCUT2D eigenvalue weighted by Gasteiger charge is -2.32. The van der Waals surface area contributed by atoms with Crippen molar-refractivity contribution in [3.63, 3.8) is 0 Å². The van der Waals surface area contributed by atoms with Crippen molar-refractivity contribution in [1.82, 2.24) is 10.2 Å².